The van der Waals surface area contributed by atoms with Gasteiger partial charge in [-0.15, -0.1) is 11.3 Å². The van der Waals surface area contributed by atoms with E-state index in [4.69, 9.17) is 4.42 Å². The lowest BCUT2D eigenvalue weighted by molar-refractivity contribution is 0.669. The first-order valence-corrected chi connectivity index (χ1v) is 18.3. The molecule has 0 fully saturated rings. The molecule has 0 saturated carbocycles. The van der Waals surface area contributed by atoms with Crippen molar-refractivity contribution in [1.29, 1.82) is 0 Å². The second-order valence-corrected chi connectivity index (χ2v) is 14.1. The molecule has 0 bridgehead atoms. The van der Waals surface area contributed by atoms with E-state index in [-0.39, 0.29) is 0 Å². The molecule has 10 aromatic rings. The Bertz CT molecular complexity index is 2840. The van der Waals surface area contributed by atoms with Gasteiger partial charge in [-0.05, 0) is 83.9 Å². The summed E-state index contributed by atoms with van der Waals surface area (Å²) in [7, 11) is 0. The van der Waals surface area contributed by atoms with Gasteiger partial charge in [0, 0.05) is 65.4 Å². The van der Waals surface area contributed by atoms with Crippen LogP contribution in [-0.2, 0) is 0 Å². The molecule has 2 heterocycles. The third kappa shape index (κ3) is 5.20. The molecule has 0 amide bonds. The normalized spacial score (nSPS) is 11.5. The molecule has 0 radical (unpaired) electrons. The molecule has 4 heteroatoms. The van der Waals surface area contributed by atoms with E-state index >= 15 is 0 Å². The van der Waals surface area contributed by atoms with Crippen LogP contribution < -0.4 is 9.80 Å². The van der Waals surface area contributed by atoms with Crippen LogP contribution in [0.5, 0.6) is 0 Å². The van der Waals surface area contributed by atoms with Crippen LogP contribution in [0.15, 0.2) is 199 Å². The number of hydrogen-bond acceptors (Lipinski definition) is 4. The monoisotopic (exact) mass is 684 g/mol. The molecule has 0 unspecified atom stereocenters. The largest absolute Gasteiger partial charge is 0.454 e. The predicted octanol–water partition coefficient (Wildman–Crippen LogP) is 14.6. The maximum absolute atomic E-state index is 6.91. The molecule has 0 spiro atoms. The highest BCUT2D eigenvalue weighted by Crippen LogP contribution is 2.45. The number of thiophene rings is 1. The van der Waals surface area contributed by atoms with Gasteiger partial charge in [-0.3, -0.25) is 0 Å². The van der Waals surface area contributed by atoms with Gasteiger partial charge in [0.1, 0.15) is 5.58 Å². The fourth-order valence-electron chi connectivity index (χ4n) is 7.40. The Kier molecular flexibility index (Phi) is 7.33. The lowest BCUT2D eigenvalue weighted by Crippen LogP contribution is -2.10. The van der Waals surface area contributed by atoms with Crippen molar-refractivity contribution in [3.05, 3.63) is 194 Å². The van der Waals surface area contributed by atoms with Crippen molar-refractivity contribution < 1.29 is 4.42 Å². The molecule has 0 N–H and O–H groups in total. The van der Waals surface area contributed by atoms with Crippen LogP contribution in [-0.4, -0.2) is 0 Å². The van der Waals surface area contributed by atoms with E-state index in [0.29, 0.717) is 0 Å². The van der Waals surface area contributed by atoms with E-state index in [1.807, 2.05) is 11.3 Å². The first kappa shape index (κ1) is 30.2. The van der Waals surface area contributed by atoms with Gasteiger partial charge >= 0.3 is 0 Å². The van der Waals surface area contributed by atoms with Gasteiger partial charge in [0.05, 0.1) is 5.69 Å². The summed E-state index contributed by atoms with van der Waals surface area (Å²) in [4.78, 5) is 4.61. The van der Waals surface area contributed by atoms with Crippen molar-refractivity contribution in [2.45, 2.75) is 0 Å². The molecular weight excluding hydrogens is 653 g/mol. The van der Waals surface area contributed by atoms with E-state index in [9.17, 15) is 0 Å². The molecule has 2 aromatic heterocycles. The van der Waals surface area contributed by atoms with Gasteiger partial charge < -0.3 is 14.2 Å². The quantitative estimate of drug-likeness (QED) is 0.167. The van der Waals surface area contributed by atoms with Crippen molar-refractivity contribution in [3.63, 3.8) is 0 Å². The second-order valence-electron chi connectivity index (χ2n) is 13.0. The molecule has 0 atom stereocenters. The maximum atomic E-state index is 6.91. The zero-order chi connectivity index (χ0) is 34.4. The highest BCUT2D eigenvalue weighted by atomic mass is 32.1. The van der Waals surface area contributed by atoms with Crippen LogP contribution in [0.2, 0.25) is 0 Å². The summed E-state index contributed by atoms with van der Waals surface area (Å²) in [5, 5.41) is 4.76. The lowest BCUT2D eigenvalue weighted by Gasteiger charge is -2.25. The lowest BCUT2D eigenvalue weighted by atomic mass is 10.0. The summed E-state index contributed by atoms with van der Waals surface area (Å²) in [6, 6.07) is 68.9. The molecule has 0 aliphatic heterocycles. The molecular formula is C48H32N2OS. The Hall–Kier alpha value is -6.62. The number of furan rings is 1. The molecule has 52 heavy (non-hydrogen) atoms. The van der Waals surface area contributed by atoms with Gasteiger partial charge in [0.15, 0.2) is 5.58 Å². The Labute approximate surface area is 305 Å². The number of rotatable bonds is 7. The Balaban J connectivity index is 1.11. The highest BCUT2D eigenvalue weighted by molar-refractivity contribution is 7.25. The number of fused-ring (bicyclic) bond motifs is 6. The van der Waals surface area contributed by atoms with Crippen molar-refractivity contribution in [1.82, 2.24) is 0 Å². The van der Waals surface area contributed by atoms with Crippen molar-refractivity contribution in [2.24, 2.45) is 0 Å². The number of hydrogen-bond donors (Lipinski definition) is 0. The number of benzene rings is 8. The smallest absolute Gasteiger partial charge is 0.159 e. The van der Waals surface area contributed by atoms with Crippen molar-refractivity contribution in [3.8, 4) is 11.1 Å². The molecule has 246 valence electrons. The minimum Gasteiger partial charge on any atom is -0.454 e. The molecule has 0 saturated heterocycles. The van der Waals surface area contributed by atoms with E-state index in [1.165, 1.54) is 31.3 Å². The number of anilines is 6. The Morgan fingerprint density at radius 3 is 1.63 bits per heavy atom. The average Bonchev–Trinajstić information content (AvgIpc) is 3.78. The Morgan fingerprint density at radius 1 is 0.346 bits per heavy atom. The van der Waals surface area contributed by atoms with Gasteiger partial charge in [-0.2, -0.15) is 0 Å². The van der Waals surface area contributed by atoms with E-state index < -0.39 is 0 Å². The number of nitrogens with zero attached hydrogens (tertiary/aromatic N) is 2. The van der Waals surface area contributed by atoms with Crippen LogP contribution in [0.4, 0.5) is 34.1 Å². The summed E-state index contributed by atoms with van der Waals surface area (Å²) in [6.45, 7) is 0. The zero-order valence-corrected chi connectivity index (χ0v) is 29.0. The van der Waals surface area contributed by atoms with Gasteiger partial charge in [0.2, 0.25) is 0 Å². The highest BCUT2D eigenvalue weighted by Gasteiger charge is 2.21. The van der Waals surface area contributed by atoms with Crippen molar-refractivity contribution >= 4 is 87.6 Å². The fraction of sp³-hybridized carbons (Fsp3) is 0. The second kappa shape index (κ2) is 12.6. The van der Waals surface area contributed by atoms with E-state index in [0.717, 1.165) is 56.1 Å². The Morgan fingerprint density at radius 2 is 0.885 bits per heavy atom. The third-order valence-corrected chi connectivity index (χ3v) is 11.0. The van der Waals surface area contributed by atoms with Crippen molar-refractivity contribution in [2.75, 3.05) is 9.80 Å². The van der Waals surface area contributed by atoms with E-state index in [1.54, 1.807) is 0 Å². The van der Waals surface area contributed by atoms with Gasteiger partial charge in [-0.1, -0.05) is 115 Å². The molecule has 10 rings (SSSR count). The molecule has 8 aromatic carbocycles. The third-order valence-electron chi connectivity index (χ3n) is 9.84. The predicted molar refractivity (Wildman–Crippen MR) is 221 cm³/mol. The first-order chi connectivity index (χ1) is 25.8. The summed E-state index contributed by atoms with van der Waals surface area (Å²) < 4.78 is 9.48. The maximum Gasteiger partial charge on any atom is 0.159 e. The van der Waals surface area contributed by atoms with Crippen LogP contribution in [0.3, 0.4) is 0 Å². The topological polar surface area (TPSA) is 19.6 Å². The standard InChI is InChI=1S/C48H32N2OS/c1-4-13-33(14-5-1)34-23-25-37(26-24-34)50(36-17-8-3-9-18-36)44-21-12-20-43-40-29-27-38(31-45(40)51-48(43)44)49(35-15-6-2-7-16-35)39-28-30-42-41-19-10-11-22-46(41)52-47(42)32-39/h1-32H. The van der Waals surface area contributed by atoms with Crippen LogP contribution in [0.1, 0.15) is 0 Å². The molecule has 0 aliphatic carbocycles. The molecule has 0 aliphatic rings. The van der Waals surface area contributed by atoms with Gasteiger partial charge in [-0.25, -0.2) is 0 Å². The first-order valence-electron chi connectivity index (χ1n) is 17.5. The minimum atomic E-state index is 0.844. The van der Waals surface area contributed by atoms with Crippen LogP contribution in [0, 0.1) is 0 Å². The van der Waals surface area contributed by atoms with Crippen LogP contribution >= 0.6 is 11.3 Å². The van der Waals surface area contributed by atoms with E-state index in [2.05, 4.69) is 204 Å². The summed E-state index contributed by atoms with van der Waals surface area (Å²) in [5.41, 5.74) is 10.4. The van der Waals surface area contributed by atoms with Crippen LogP contribution in [0.25, 0.3) is 53.2 Å². The fourth-order valence-corrected chi connectivity index (χ4v) is 8.54. The SMILES string of the molecule is c1ccc(-c2ccc(N(c3ccccc3)c3cccc4c3oc3cc(N(c5ccccc5)c5ccc6c(c5)sc5ccccc56)ccc34)cc2)cc1. The average molecular weight is 685 g/mol. The molecule has 3 nitrogen and oxygen atoms in total. The minimum absolute atomic E-state index is 0.844. The van der Waals surface area contributed by atoms with Gasteiger partial charge in [0.25, 0.3) is 0 Å². The zero-order valence-electron chi connectivity index (χ0n) is 28.2. The summed E-state index contributed by atoms with van der Waals surface area (Å²) in [6.07, 6.45) is 0. The summed E-state index contributed by atoms with van der Waals surface area (Å²) >= 11 is 1.84. The summed E-state index contributed by atoms with van der Waals surface area (Å²) in [5.74, 6) is 0. The number of para-hydroxylation sites is 3.